The Morgan fingerprint density at radius 1 is 1.06 bits per heavy atom. The van der Waals surface area contributed by atoms with E-state index in [1.54, 1.807) is 18.2 Å². The van der Waals surface area contributed by atoms with Gasteiger partial charge in [0.25, 0.3) is 5.91 Å². The van der Waals surface area contributed by atoms with Crippen molar-refractivity contribution in [3.63, 3.8) is 0 Å². The fraction of sp³-hybridized carbons (Fsp3) is 0.240. The second kappa shape index (κ2) is 7.37. The molecule has 7 nitrogen and oxygen atoms in total. The Kier molecular flexibility index (Phi) is 4.62. The molecule has 3 amide bonds. The van der Waals surface area contributed by atoms with Gasteiger partial charge in [-0.25, -0.2) is 4.79 Å². The molecule has 1 aromatic heterocycles. The number of amides is 3. The molecule has 1 spiro atoms. The molecular weight excluding hydrogens is 406 g/mol. The standard InChI is InChI=1S/C25H23N3O4/c1-16-14-19(17(2)28(16)18-8-4-3-5-9-18)21(29)15-27-23(30)25(26-24(27)31)12-13-32-22-11-7-6-10-20(22)25/h3-11,14H,12-13,15H2,1-2H3,(H,26,31)/t25-/m0/s1. The van der Waals surface area contributed by atoms with Gasteiger partial charge in [-0.2, -0.15) is 0 Å². The predicted octanol–water partition coefficient (Wildman–Crippen LogP) is 3.51. The zero-order valence-corrected chi connectivity index (χ0v) is 17.9. The van der Waals surface area contributed by atoms with Gasteiger partial charge in [0.15, 0.2) is 11.3 Å². The molecule has 0 aliphatic carbocycles. The van der Waals surface area contributed by atoms with Crippen LogP contribution in [-0.4, -0.2) is 40.3 Å². The van der Waals surface area contributed by atoms with Gasteiger partial charge in [-0.1, -0.05) is 36.4 Å². The van der Waals surface area contributed by atoms with E-state index < -0.39 is 17.5 Å². The number of imide groups is 1. The number of nitrogens with zero attached hydrogens (tertiary/aromatic N) is 2. The van der Waals surface area contributed by atoms with Gasteiger partial charge in [-0.15, -0.1) is 0 Å². The number of aromatic nitrogens is 1. The fourth-order valence-electron chi connectivity index (χ4n) is 4.76. The lowest BCUT2D eigenvalue weighted by Crippen LogP contribution is -2.47. The van der Waals surface area contributed by atoms with Crippen molar-refractivity contribution in [3.8, 4) is 11.4 Å². The third-order valence-electron chi connectivity index (χ3n) is 6.30. The molecule has 5 rings (SSSR count). The molecule has 1 N–H and O–H groups in total. The van der Waals surface area contributed by atoms with Gasteiger partial charge in [0.05, 0.1) is 13.2 Å². The van der Waals surface area contributed by atoms with Crippen LogP contribution in [0.4, 0.5) is 4.79 Å². The Hall–Kier alpha value is -3.87. The molecule has 0 bridgehead atoms. The quantitative estimate of drug-likeness (QED) is 0.508. The first-order valence-electron chi connectivity index (χ1n) is 10.6. The topological polar surface area (TPSA) is 80.6 Å². The van der Waals surface area contributed by atoms with Crippen LogP contribution in [0.3, 0.4) is 0 Å². The summed E-state index contributed by atoms with van der Waals surface area (Å²) in [6, 6.07) is 18.2. The van der Waals surface area contributed by atoms with Gasteiger partial charge in [0.2, 0.25) is 0 Å². The number of hydrogen-bond donors (Lipinski definition) is 1. The van der Waals surface area contributed by atoms with E-state index in [2.05, 4.69) is 5.32 Å². The number of urea groups is 1. The molecule has 7 heteroatoms. The van der Waals surface area contributed by atoms with Crippen LogP contribution in [0.25, 0.3) is 5.69 Å². The summed E-state index contributed by atoms with van der Waals surface area (Å²) in [5.74, 6) is -0.114. The summed E-state index contributed by atoms with van der Waals surface area (Å²) >= 11 is 0. The Balaban J connectivity index is 1.44. The summed E-state index contributed by atoms with van der Waals surface area (Å²) in [5.41, 5.74) is 2.57. The lowest BCUT2D eigenvalue weighted by Gasteiger charge is -2.33. The van der Waals surface area contributed by atoms with Crippen molar-refractivity contribution in [1.82, 2.24) is 14.8 Å². The Labute approximate surface area is 185 Å². The highest BCUT2D eigenvalue weighted by Gasteiger charge is 2.55. The smallest absolute Gasteiger partial charge is 0.325 e. The number of ketones is 1. The number of rotatable bonds is 4. The lowest BCUT2D eigenvalue weighted by atomic mass is 9.84. The van der Waals surface area contributed by atoms with Crippen LogP contribution in [0.15, 0.2) is 60.7 Å². The second-order valence-corrected chi connectivity index (χ2v) is 8.20. The summed E-state index contributed by atoms with van der Waals surface area (Å²) < 4.78 is 7.66. The van der Waals surface area contributed by atoms with Crippen LogP contribution >= 0.6 is 0 Å². The van der Waals surface area contributed by atoms with Crippen molar-refractivity contribution in [1.29, 1.82) is 0 Å². The second-order valence-electron chi connectivity index (χ2n) is 8.20. The molecule has 0 saturated carbocycles. The SMILES string of the molecule is Cc1cc(C(=O)CN2C(=O)N[C@]3(CCOc4ccccc43)C2=O)c(C)n1-c1ccccc1. The van der Waals surface area contributed by atoms with E-state index in [0.717, 1.165) is 22.0 Å². The van der Waals surface area contributed by atoms with E-state index in [0.29, 0.717) is 29.9 Å². The molecule has 1 atom stereocenters. The zero-order chi connectivity index (χ0) is 22.5. The molecule has 0 radical (unpaired) electrons. The van der Waals surface area contributed by atoms with Gasteiger partial charge in [-0.3, -0.25) is 14.5 Å². The first kappa shape index (κ1) is 20.1. The van der Waals surface area contributed by atoms with Crippen molar-refractivity contribution < 1.29 is 19.1 Å². The molecular formula is C25H23N3O4. The van der Waals surface area contributed by atoms with Crippen LogP contribution in [0.5, 0.6) is 5.75 Å². The third kappa shape index (κ3) is 2.92. The summed E-state index contributed by atoms with van der Waals surface area (Å²) in [7, 11) is 0. The van der Waals surface area contributed by atoms with Crippen molar-refractivity contribution in [2.45, 2.75) is 25.8 Å². The van der Waals surface area contributed by atoms with Gasteiger partial charge in [-0.05, 0) is 38.1 Å². The highest BCUT2D eigenvalue weighted by atomic mass is 16.5. The summed E-state index contributed by atoms with van der Waals surface area (Å²) in [6.07, 6.45) is 0.321. The van der Waals surface area contributed by atoms with E-state index in [9.17, 15) is 14.4 Å². The number of ether oxygens (including phenoxy) is 1. The van der Waals surface area contributed by atoms with Crippen LogP contribution < -0.4 is 10.1 Å². The van der Waals surface area contributed by atoms with Crippen molar-refractivity contribution in [2.75, 3.05) is 13.2 Å². The molecule has 162 valence electrons. The number of fused-ring (bicyclic) bond motifs is 2. The maximum absolute atomic E-state index is 13.4. The number of benzene rings is 2. The van der Waals surface area contributed by atoms with E-state index >= 15 is 0 Å². The molecule has 3 aromatic rings. The monoisotopic (exact) mass is 429 g/mol. The molecule has 32 heavy (non-hydrogen) atoms. The van der Waals surface area contributed by atoms with E-state index in [1.165, 1.54) is 0 Å². The number of carbonyl (C=O) groups excluding carboxylic acids is 3. The minimum Gasteiger partial charge on any atom is -0.493 e. The van der Waals surface area contributed by atoms with Crippen LogP contribution in [0.1, 0.15) is 33.7 Å². The average Bonchev–Trinajstić information content (AvgIpc) is 3.22. The van der Waals surface area contributed by atoms with E-state index in [4.69, 9.17) is 4.74 Å². The summed E-state index contributed by atoms with van der Waals surface area (Å²) in [5, 5.41) is 2.84. The first-order valence-corrected chi connectivity index (χ1v) is 10.6. The predicted molar refractivity (Wildman–Crippen MR) is 118 cm³/mol. The number of aryl methyl sites for hydroxylation is 1. The minimum absolute atomic E-state index is 0.277. The molecule has 0 unspecified atom stereocenters. The van der Waals surface area contributed by atoms with Gasteiger partial charge in [0, 0.05) is 34.6 Å². The Morgan fingerprint density at radius 2 is 1.78 bits per heavy atom. The Bertz CT molecular complexity index is 1250. The number of carbonyl (C=O) groups is 3. The lowest BCUT2D eigenvalue weighted by molar-refractivity contribution is -0.132. The molecule has 3 heterocycles. The molecule has 2 aromatic carbocycles. The largest absolute Gasteiger partial charge is 0.493 e. The first-order chi connectivity index (χ1) is 15.4. The van der Waals surface area contributed by atoms with E-state index in [-0.39, 0.29) is 12.3 Å². The van der Waals surface area contributed by atoms with Crippen molar-refractivity contribution >= 4 is 17.7 Å². The van der Waals surface area contributed by atoms with E-state index in [1.807, 2.05) is 60.9 Å². The Morgan fingerprint density at radius 3 is 2.56 bits per heavy atom. The maximum atomic E-state index is 13.4. The van der Waals surface area contributed by atoms with Crippen LogP contribution in [-0.2, 0) is 10.3 Å². The maximum Gasteiger partial charge on any atom is 0.325 e. The number of hydrogen-bond acceptors (Lipinski definition) is 4. The van der Waals surface area contributed by atoms with Gasteiger partial charge in [0.1, 0.15) is 5.75 Å². The third-order valence-corrected chi connectivity index (χ3v) is 6.30. The molecule has 1 saturated heterocycles. The summed E-state index contributed by atoms with van der Waals surface area (Å²) in [4.78, 5) is 40.5. The van der Waals surface area contributed by atoms with Crippen molar-refractivity contribution in [3.05, 3.63) is 83.2 Å². The van der Waals surface area contributed by atoms with Gasteiger partial charge < -0.3 is 14.6 Å². The summed E-state index contributed by atoms with van der Waals surface area (Å²) in [6.45, 7) is 3.80. The minimum atomic E-state index is -1.19. The highest BCUT2D eigenvalue weighted by Crippen LogP contribution is 2.41. The average molecular weight is 429 g/mol. The fourth-order valence-corrected chi connectivity index (χ4v) is 4.76. The number of nitrogens with one attached hydrogen (secondary N) is 1. The van der Waals surface area contributed by atoms with Gasteiger partial charge >= 0.3 is 6.03 Å². The molecule has 2 aliphatic heterocycles. The highest BCUT2D eigenvalue weighted by molar-refractivity contribution is 6.12. The van der Waals surface area contributed by atoms with Crippen LogP contribution in [0, 0.1) is 13.8 Å². The zero-order valence-electron chi connectivity index (χ0n) is 17.9. The number of para-hydroxylation sites is 2. The molecule has 1 fully saturated rings. The van der Waals surface area contributed by atoms with Crippen molar-refractivity contribution in [2.24, 2.45) is 0 Å². The normalized spacial score (nSPS) is 19.6. The van der Waals surface area contributed by atoms with Crippen LogP contribution in [0.2, 0.25) is 0 Å². The number of Topliss-reactive ketones (excluding diaryl/α,β-unsaturated/α-hetero) is 1. The molecule has 2 aliphatic rings.